The molecule has 1 spiro atoms. The number of hydrogen-bond donors (Lipinski definition) is 0. The number of anilines is 1. The van der Waals surface area contributed by atoms with Gasteiger partial charge in [0.05, 0.1) is 16.6 Å². The minimum atomic E-state index is 0.106. The molecule has 2 saturated heterocycles. The molecule has 0 N–H and O–H groups in total. The normalized spacial score (nSPS) is 41.0. The molecule has 176 valence electrons. The van der Waals surface area contributed by atoms with Crippen molar-refractivity contribution >= 4 is 28.7 Å². The highest BCUT2D eigenvalue weighted by Gasteiger charge is 2.59. The van der Waals surface area contributed by atoms with Gasteiger partial charge in [-0.05, 0) is 107 Å². The summed E-state index contributed by atoms with van der Waals surface area (Å²) in [7, 11) is 0. The average molecular weight is 462 g/mol. The Hall–Kier alpha value is -1.26. The molecule has 1 aromatic rings. The van der Waals surface area contributed by atoms with E-state index < -0.39 is 0 Å². The molecule has 33 heavy (non-hydrogen) atoms. The predicted molar refractivity (Wildman–Crippen MR) is 140 cm³/mol. The fourth-order valence-electron chi connectivity index (χ4n) is 9.38. The Bertz CT molecular complexity index is 906. The lowest BCUT2D eigenvalue weighted by Crippen LogP contribution is -2.53. The summed E-state index contributed by atoms with van der Waals surface area (Å²) in [6.07, 6.45) is 17.6. The smallest absolute Gasteiger partial charge is 0.127 e. The second kappa shape index (κ2) is 7.88. The van der Waals surface area contributed by atoms with Gasteiger partial charge in [-0.2, -0.15) is 0 Å². The highest BCUT2D eigenvalue weighted by molar-refractivity contribution is 7.80. The third kappa shape index (κ3) is 3.30. The topological polar surface area (TPSA) is 18.8 Å². The van der Waals surface area contributed by atoms with Gasteiger partial charge in [-0.1, -0.05) is 49.7 Å². The summed E-state index contributed by atoms with van der Waals surface area (Å²) in [6.45, 7) is 2.44. The van der Waals surface area contributed by atoms with Crippen molar-refractivity contribution in [2.24, 2.45) is 28.2 Å². The van der Waals surface area contributed by atoms with Crippen LogP contribution in [0.1, 0.15) is 83.5 Å². The number of hydrogen-bond acceptors (Lipinski definition) is 3. The van der Waals surface area contributed by atoms with Crippen molar-refractivity contribution in [3.8, 4) is 0 Å². The number of amidine groups is 1. The molecule has 0 amide bonds. The Morgan fingerprint density at radius 2 is 1.39 bits per heavy atom. The van der Waals surface area contributed by atoms with Gasteiger partial charge in [-0.3, -0.25) is 14.8 Å². The maximum Gasteiger partial charge on any atom is 0.127 e. The van der Waals surface area contributed by atoms with Crippen molar-refractivity contribution in [3.63, 3.8) is 0 Å². The number of thiocarbonyl (C=S) groups is 1. The first kappa shape index (κ1) is 21.1. The van der Waals surface area contributed by atoms with Crippen molar-refractivity contribution in [1.82, 2.24) is 4.90 Å². The number of nitrogens with zero attached hydrogens (tertiary/aromatic N) is 3. The average Bonchev–Trinajstić information content (AvgIpc) is 3.40. The molecular weight excluding hydrogens is 422 g/mol. The summed E-state index contributed by atoms with van der Waals surface area (Å²) in [5.74, 6) is 4.12. The van der Waals surface area contributed by atoms with E-state index in [9.17, 15) is 0 Å². The van der Waals surface area contributed by atoms with E-state index in [1.165, 1.54) is 113 Å². The van der Waals surface area contributed by atoms with Crippen LogP contribution in [0.25, 0.3) is 0 Å². The van der Waals surface area contributed by atoms with Gasteiger partial charge in [-0.15, -0.1) is 0 Å². The van der Waals surface area contributed by atoms with Gasteiger partial charge >= 0.3 is 0 Å². The molecule has 1 aromatic carbocycles. The number of para-hydroxylation sites is 1. The molecule has 5 aliphatic carbocycles. The van der Waals surface area contributed by atoms with Gasteiger partial charge in [-0.25, -0.2) is 0 Å². The lowest BCUT2D eigenvalue weighted by molar-refractivity contribution is 0.00113. The largest absolute Gasteiger partial charge is 0.293 e. The Balaban J connectivity index is 1.39. The summed E-state index contributed by atoms with van der Waals surface area (Å²) in [5, 5.41) is 0. The quantitative estimate of drug-likeness (QED) is 0.472. The van der Waals surface area contributed by atoms with E-state index in [4.69, 9.17) is 17.2 Å². The van der Waals surface area contributed by atoms with Gasteiger partial charge < -0.3 is 0 Å². The lowest BCUT2D eigenvalue weighted by Gasteiger charge is -2.55. The maximum atomic E-state index is 6.47. The lowest BCUT2D eigenvalue weighted by atomic mass is 9.53. The van der Waals surface area contributed by atoms with E-state index in [-0.39, 0.29) is 11.0 Å². The van der Waals surface area contributed by atoms with Crippen molar-refractivity contribution < 1.29 is 0 Å². The molecule has 8 rings (SSSR count). The summed E-state index contributed by atoms with van der Waals surface area (Å²) in [5.41, 5.74) is 1.54. The standard InChI is InChI=1S/C29H39N3S/c33-27-29(11-5-2-6-12-29)25(31-13-7-8-14-31)26(32(27)24-9-3-1-4-10-24)30-28-18-21-15-22(19-28)17-23(16-21)20-28/h1,3-4,9-10,21-23,25H,2,5-8,11-20H2. The molecule has 1 unspecified atom stereocenters. The zero-order valence-corrected chi connectivity index (χ0v) is 20.9. The SMILES string of the molecule is S=C1N(c2ccccc2)C(=NC23CC4CC(CC(C4)C2)C3)C(N2CCCC2)C12CCCCC2. The molecule has 1 atom stereocenters. The Labute approximate surface area is 205 Å². The summed E-state index contributed by atoms with van der Waals surface area (Å²) in [4.78, 5) is 12.4. The van der Waals surface area contributed by atoms with Gasteiger partial charge in [0.25, 0.3) is 0 Å². The first-order valence-corrected chi connectivity index (χ1v) is 14.3. The van der Waals surface area contributed by atoms with Gasteiger partial charge in [0, 0.05) is 11.1 Å². The molecule has 5 saturated carbocycles. The molecule has 4 heteroatoms. The van der Waals surface area contributed by atoms with E-state index >= 15 is 0 Å². The van der Waals surface area contributed by atoms with Crippen LogP contribution in [0.15, 0.2) is 35.3 Å². The molecule has 0 aromatic heterocycles. The predicted octanol–water partition coefficient (Wildman–Crippen LogP) is 6.62. The fourth-order valence-corrected chi connectivity index (χ4v) is 9.89. The molecule has 7 aliphatic rings. The molecule has 4 bridgehead atoms. The maximum absolute atomic E-state index is 6.47. The van der Waals surface area contributed by atoms with Crippen molar-refractivity contribution in [1.29, 1.82) is 0 Å². The van der Waals surface area contributed by atoms with E-state index in [0.29, 0.717) is 6.04 Å². The summed E-state index contributed by atoms with van der Waals surface area (Å²) in [6, 6.07) is 11.4. The fraction of sp³-hybridized carbons (Fsp3) is 0.724. The van der Waals surface area contributed by atoms with Crippen LogP contribution in [0.3, 0.4) is 0 Å². The van der Waals surface area contributed by atoms with E-state index in [0.717, 1.165) is 17.8 Å². The zero-order valence-electron chi connectivity index (χ0n) is 20.1. The minimum absolute atomic E-state index is 0.106. The van der Waals surface area contributed by atoms with Crippen LogP contribution < -0.4 is 4.90 Å². The Morgan fingerprint density at radius 1 is 0.788 bits per heavy atom. The molecular formula is C29H39N3S. The Kier molecular flexibility index (Phi) is 5.03. The third-order valence-electron chi connectivity index (χ3n) is 10.2. The van der Waals surface area contributed by atoms with E-state index in [1.807, 2.05) is 0 Å². The molecule has 3 nitrogen and oxygen atoms in total. The van der Waals surface area contributed by atoms with Gasteiger partial charge in [0.2, 0.25) is 0 Å². The first-order chi connectivity index (χ1) is 16.2. The second-order valence-corrected chi connectivity index (χ2v) is 12.8. The van der Waals surface area contributed by atoms with E-state index in [2.05, 4.69) is 40.1 Å². The zero-order chi connectivity index (χ0) is 22.0. The highest BCUT2D eigenvalue weighted by Crippen LogP contribution is 2.58. The van der Waals surface area contributed by atoms with Crippen LogP contribution in [-0.2, 0) is 0 Å². The van der Waals surface area contributed by atoms with Crippen LogP contribution in [0.2, 0.25) is 0 Å². The summed E-state index contributed by atoms with van der Waals surface area (Å²) >= 11 is 6.47. The number of rotatable bonds is 3. The summed E-state index contributed by atoms with van der Waals surface area (Å²) < 4.78 is 0. The van der Waals surface area contributed by atoms with Gasteiger partial charge in [0.1, 0.15) is 5.84 Å². The molecule has 7 fully saturated rings. The third-order valence-corrected chi connectivity index (χ3v) is 10.8. The van der Waals surface area contributed by atoms with Crippen LogP contribution in [-0.4, -0.2) is 40.4 Å². The van der Waals surface area contributed by atoms with Crippen LogP contribution >= 0.6 is 12.2 Å². The Morgan fingerprint density at radius 3 is 2.00 bits per heavy atom. The molecule has 2 heterocycles. The van der Waals surface area contributed by atoms with Crippen molar-refractivity contribution in [2.75, 3.05) is 18.0 Å². The number of likely N-dealkylation sites (tertiary alicyclic amines) is 1. The highest BCUT2D eigenvalue weighted by atomic mass is 32.1. The number of aliphatic imine (C=N–C) groups is 1. The van der Waals surface area contributed by atoms with Crippen molar-refractivity contribution in [3.05, 3.63) is 30.3 Å². The molecule has 0 radical (unpaired) electrons. The number of benzene rings is 1. The molecule has 2 aliphatic heterocycles. The van der Waals surface area contributed by atoms with E-state index in [1.54, 1.807) is 0 Å². The van der Waals surface area contributed by atoms with Crippen LogP contribution in [0, 0.1) is 23.2 Å². The van der Waals surface area contributed by atoms with Gasteiger partial charge in [0.15, 0.2) is 0 Å². The van der Waals surface area contributed by atoms with Crippen LogP contribution in [0.4, 0.5) is 5.69 Å². The first-order valence-electron chi connectivity index (χ1n) is 13.9. The minimum Gasteiger partial charge on any atom is -0.293 e. The monoisotopic (exact) mass is 461 g/mol. The second-order valence-electron chi connectivity index (χ2n) is 12.5. The van der Waals surface area contributed by atoms with Crippen LogP contribution in [0.5, 0.6) is 0 Å². The van der Waals surface area contributed by atoms with Crippen molar-refractivity contribution in [2.45, 2.75) is 95.1 Å².